The Morgan fingerprint density at radius 1 is 0.931 bits per heavy atom. The molecule has 0 unspecified atom stereocenters. The topological polar surface area (TPSA) is 77.8 Å². The predicted octanol–water partition coefficient (Wildman–Crippen LogP) is 4.53. The predicted molar refractivity (Wildman–Crippen MR) is 110 cm³/mol. The number of amides is 1. The van der Waals surface area contributed by atoms with Crippen molar-refractivity contribution >= 4 is 39.3 Å². The Labute approximate surface area is 167 Å². The molecule has 3 aromatic carbocycles. The lowest BCUT2D eigenvalue weighted by atomic mass is 10.1. The molecule has 1 N–H and O–H groups in total. The number of hydrogen-bond donors (Lipinski definition) is 1. The number of anilines is 1. The summed E-state index contributed by atoms with van der Waals surface area (Å²) in [5.41, 5.74) is 1.82. The largest absolute Gasteiger partial charge is 0.450 e. The van der Waals surface area contributed by atoms with Gasteiger partial charge in [-0.25, -0.2) is 4.79 Å². The Morgan fingerprint density at radius 2 is 1.66 bits per heavy atom. The van der Waals surface area contributed by atoms with Crippen LogP contribution in [0.15, 0.2) is 71.1 Å². The van der Waals surface area contributed by atoms with Gasteiger partial charge in [-0.3, -0.25) is 4.79 Å². The van der Waals surface area contributed by atoms with Crippen molar-refractivity contribution in [2.45, 2.75) is 6.61 Å². The van der Waals surface area contributed by atoms with Crippen LogP contribution in [0, 0.1) is 0 Å². The average molecular weight is 389 g/mol. The van der Waals surface area contributed by atoms with E-state index in [2.05, 4.69) is 5.32 Å². The zero-order valence-electron chi connectivity index (χ0n) is 15.8. The summed E-state index contributed by atoms with van der Waals surface area (Å²) in [6, 6.07) is 20.6. The van der Waals surface area contributed by atoms with E-state index < -0.39 is 18.5 Å². The van der Waals surface area contributed by atoms with Crippen molar-refractivity contribution in [3.63, 3.8) is 0 Å². The van der Waals surface area contributed by atoms with Crippen LogP contribution in [0.1, 0.15) is 16.1 Å². The molecule has 0 aliphatic heterocycles. The Morgan fingerprint density at radius 3 is 2.48 bits per heavy atom. The lowest BCUT2D eigenvalue weighted by Crippen LogP contribution is -2.21. The molecule has 4 aromatic rings. The highest BCUT2D eigenvalue weighted by atomic mass is 16.5. The van der Waals surface area contributed by atoms with E-state index in [-0.39, 0.29) is 12.4 Å². The third-order valence-electron chi connectivity index (χ3n) is 4.57. The number of fused-ring (bicyclic) bond motifs is 2. The summed E-state index contributed by atoms with van der Waals surface area (Å²) in [5, 5.41) is 5.49. The maximum absolute atomic E-state index is 12.5. The molecule has 1 amide bonds. The zero-order valence-corrected chi connectivity index (χ0v) is 15.8. The summed E-state index contributed by atoms with van der Waals surface area (Å²) in [6.45, 7) is -0.227. The van der Waals surface area contributed by atoms with Gasteiger partial charge in [-0.1, -0.05) is 54.6 Å². The Kier molecular flexibility index (Phi) is 5.27. The fourth-order valence-corrected chi connectivity index (χ4v) is 3.27. The molecular weight excluding hydrogens is 370 g/mol. The van der Waals surface area contributed by atoms with Crippen LogP contribution >= 0.6 is 0 Å². The van der Waals surface area contributed by atoms with Gasteiger partial charge in [0.2, 0.25) is 5.76 Å². The third kappa shape index (κ3) is 3.83. The third-order valence-corrected chi connectivity index (χ3v) is 4.57. The SMILES string of the molecule is COCc1c(C(=O)OCC(=O)Nc2cccc3ccccc23)oc2ccccc12. The Hall–Kier alpha value is -3.64. The molecule has 1 aromatic heterocycles. The van der Waals surface area contributed by atoms with E-state index in [4.69, 9.17) is 13.9 Å². The standard InChI is InChI=1S/C23H19NO5/c1-27-13-18-17-10-4-5-12-20(17)29-22(18)23(26)28-14-21(25)24-19-11-6-8-15-7-2-3-9-16(15)19/h2-12H,13-14H2,1H3,(H,24,25). The molecule has 29 heavy (non-hydrogen) atoms. The van der Waals surface area contributed by atoms with Gasteiger partial charge in [-0.05, 0) is 17.5 Å². The number of nitrogens with one attached hydrogen (secondary N) is 1. The fraction of sp³-hybridized carbons (Fsp3) is 0.130. The average Bonchev–Trinajstić information content (AvgIpc) is 3.11. The fourth-order valence-electron chi connectivity index (χ4n) is 3.27. The van der Waals surface area contributed by atoms with Crippen molar-refractivity contribution in [2.75, 3.05) is 19.0 Å². The van der Waals surface area contributed by atoms with Crippen LogP contribution in [0.25, 0.3) is 21.7 Å². The zero-order chi connectivity index (χ0) is 20.2. The molecule has 1 heterocycles. The van der Waals surface area contributed by atoms with E-state index in [1.165, 1.54) is 7.11 Å². The molecular formula is C23H19NO5. The van der Waals surface area contributed by atoms with Gasteiger partial charge in [0.1, 0.15) is 5.58 Å². The Balaban J connectivity index is 1.48. The monoisotopic (exact) mass is 389 g/mol. The lowest BCUT2D eigenvalue weighted by Gasteiger charge is -2.09. The van der Waals surface area contributed by atoms with Crippen LogP contribution in [0.4, 0.5) is 5.69 Å². The Bertz CT molecular complexity index is 1190. The maximum Gasteiger partial charge on any atom is 0.375 e. The van der Waals surface area contributed by atoms with Gasteiger partial charge in [0, 0.05) is 29.1 Å². The molecule has 0 saturated carbocycles. The first-order valence-corrected chi connectivity index (χ1v) is 9.11. The van der Waals surface area contributed by atoms with E-state index in [9.17, 15) is 9.59 Å². The summed E-state index contributed by atoms with van der Waals surface area (Å²) >= 11 is 0. The molecule has 146 valence electrons. The van der Waals surface area contributed by atoms with E-state index in [0.29, 0.717) is 16.8 Å². The van der Waals surface area contributed by atoms with Gasteiger partial charge in [0.25, 0.3) is 5.91 Å². The van der Waals surface area contributed by atoms with Crippen LogP contribution < -0.4 is 5.32 Å². The van der Waals surface area contributed by atoms with Crippen LogP contribution in [0.2, 0.25) is 0 Å². The number of para-hydroxylation sites is 1. The normalized spacial score (nSPS) is 10.9. The minimum absolute atomic E-state index is 0.0472. The molecule has 4 rings (SSSR count). The van der Waals surface area contributed by atoms with Gasteiger partial charge in [-0.15, -0.1) is 0 Å². The summed E-state index contributed by atoms with van der Waals surface area (Å²) in [7, 11) is 1.54. The minimum Gasteiger partial charge on any atom is -0.450 e. The van der Waals surface area contributed by atoms with Crippen LogP contribution in [0.3, 0.4) is 0 Å². The van der Waals surface area contributed by atoms with Crippen molar-refractivity contribution in [2.24, 2.45) is 0 Å². The van der Waals surface area contributed by atoms with Gasteiger partial charge in [-0.2, -0.15) is 0 Å². The van der Waals surface area contributed by atoms with E-state index in [1.807, 2.05) is 54.6 Å². The smallest absolute Gasteiger partial charge is 0.375 e. The molecule has 0 fully saturated rings. The van der Waals surface area contributed by atoms with Crippen LogP contribution in [0.5, 0.6) is 0 Å². The molecule has 0 bridgehead atoms. The second kappa shape index (κ2) is 8.16. The van der Waals surface area contributed by atoms with Gasteiger partial charge >= 0.3 is 5.97 Å². The van der Waals surface area contributed by atoms with E-state index >= 15 is 0 Å². The molecule has 6 heteroatoms. The first kappa shape index (κ1) is 18.7. The van der Waals surface area contributed by atoms with Crippen LogP contribution in [-0.4, -0.2) is 25.6 Å². The molecule has 0 saturated heterocycles. The number of rotatable bonds is 6. The van der Waals surface area contributed by atoms with Gasteiger partial charge < -0.3 is 19.2 Å². The van der Waals surface area contributed by atoms with Crippen molar-refractivity contribution in [3.8, 4) is 0 Å². The lowest BCUT2D eigenvalue weighted by molar-refractivity contribution is -0.119. The molecule has 0 aliphatic rings. The second-order valence-corrected chi connectivity index (χ2v) is 6.49. The second-order valence-electron chi connectivity index (χ2n) is 6.49. The highest BCUT2D eigenvalue weighted by Crippen LogP contribution is 2.27. The summed E-state index contributed by atoms with van der Waals surface area (Å²) < 4.78 is 16.0. The molecule has 6 nitrogen and oxygen atoms in total. The summed E-state index contributed by atoms with van der Waals surface area (Å²) in [5.74, 6) is -1.09. The molecule has 0 atom stereocenters. The van der Waals surface area contributed by atoms with E-state index in [1.54, 1.807) is 12.1 Å². The van der Waals surface area contributed by atoms with Gasteiger partial charge in [0.15, 0.2) is 6.61 Å². The minimum atomic E-state index is -0.707. The quantitative estimate of drug-likeness (QED) is 0.490. The van der Waals surface area contributed by atoms with Crippen molar-refractivity contribution in [1.29, 1.82) is 0 Å². The molecule has 0 radical (unpaired) electrons. The number of carbonyl (C=O) groups is 2. The van der Waals surface area contributed by atoms with Gasteiger partial charge in [0.05, 0.1) is 6.61 Å². The van der Waals surface area contributed by atoms with E-state index in [0.717, 1.165) is 16.2 Å². The summed E-state index contributed by atoms with van der Waals surface area (Å²) in [4.78, 5) is 24.9. The number of esters is 1. The first-order chi connectivity index (χ1) is 14.2. The number of ether oxygens (including phenoxy) is 2. The highest BCUT2D eigenvalue weighted by molar-refractivity contribution is 6.03. The number of methoxy groups -OCH3 is 1. The summed E-state index contributed by atoms with van der Waals surface area (Å²) in [6.07, 6.45) is 0. The maximum atomic E-state index is 12.5. The number of carbonyl (C=O) groups excluding carboxylic acids is 2. The van der Waals surface area contributed by atoms with Crippen molar-refractivity contribution in [3.05, 3.63) is 78.1 Å². The number of hydrogen-bond acceptors (Lipinski definition) is 5. The first-order valence-electron chi connectivity index (χ1n) is 9.11. The van der Waals surface area contributed by atoms with Crippen molar-refractivity contribution < 1.29 is 23.5 Å². The number of benzene rings is 3. The van der Waals surface area contributed by atoms with Crippen molar-refractivity contribution in [1.82, 2.24) is 0 Å². The molecule has 0 spiro atoms. The van der Waals surface area contributed by atoms with Crippen LogP contribution in [-0.2, 0) is 20.9 Å². The highest BCUT2D eigenvalue weighted by Gasteiger charge is 2.22. The number of furan rings is 1. The molecule has 0 aliphatic carbocycles.